The minimum Gasteiger partial charge on any atom is -0.285 e. The van der Waals surface area contributed by atoms with Crippen molar-refractivity contribution in [1.29, 1.82) is 0 Å². The van der Waals surface area contributed by atoms with Crippen molar-refractivity contribution < 1.29 is 4.79 Å². The Labute approximate surface area is 86.5 Å². The van der Waals surface area contributed by atoms with Crippen LogP contribution < -0.4 is 0 Å². The van der Waals surface area contributed by atoms with Crippen LogP contribution >= 0.6 is 23.1 Å². The molecule has 2 rings (SSSR count). The van der Waals surface area contributed by atoms with Gasteiger partial charge in [-0.25, -0.2) is 4.68 Å². The molecule has 0 unspecified atom stereocenters. The smallest absolute Gasteiger partial charge is 0.217 e. The number of carbonyl (C=O) groups excluding carboxylic acids is 1. The third-order valence-electron chi connectivity index (χ3n) is 1.22. The van der Waals surface area contributed by atoms with E-state index in [2.05, 4.69) is 25.7 Å². The van der Waals surface area contributed by atoms with Crippen molar-refractivity contribution in [3.8, 4) is 0 Å². The van der Waals surface area contributed by atoms with Gasteiger partial charge in [0.15, 0.2) is 4.34 Å². The molecule has 0 amide bonds. The highest BCUT2D eigenvalue weighted by Gasteiger charge is 2.08. The number of nitrogens with zero attached hydrogens (tertiary/aromatic N) is 6. The zero-order valence-corrected chi connectivity index (χ0v) is 8.40. The van der Waals surface area contributed by atoms with Crippen LogP contribution in [0.25, 0.3) is 0 Å². The zero-order chi connectivity index (χ0) is 9.80. The highest BCUT2D eigenvalue weighted by atomic mass is 32.2. The summed E-state index contributed by atoms with van der Waals surface area (Å²) in [6.45, 7) is 0.136. The second kappa shape index (κ2) is 4.24. The Bertz CT molecular complexity index is 360. The molecule has 0 spiro atoms. The third-order valence-corrected chi connectivity index (χ3v) is 2.86. The Morgan fingerprint density at radius 1 is 1.57 bits per heavy atom. The minimum absolute atomic E-state index is 0.0750. The summed E-state index contributed by atoms with van der Waals surface area (Å²) in [4.78, 5) is 11.4. The van der Waals surface area contributed by atoms with Crippen molar-refractivity contribution in [1.82, 2.24) is 30.4 Å². The first-order valence-corrected chi connectivity index (χ1v) is 5.22. The Morgan fingerprint density at radius 3 is 3.14 bits per heavy atom. The first kappa shape index (κ1) is 9.21. The van der Waals surface area contributed by atoms with E-state index in [-0.39, 0.29) is 11.7 Å². The molecule has 0 fully saturated rings. The summed E-state index contributed by atoms with van der Waals surface area (Å²) in [5.74, 6) is 0. The highest BCUT2D eigenvalue weighted by Crippen LogP contribution is 2.19. The first-order chi connectivity index (χ1) is 6.84. The Morgan fingerprint density at radius 2 is 2.50 bits per heavy atom. The van der Waals surface area contributed by atoms with Gasteiger partial charge in [0.25, 0.3) is 0 Å². The lowest BCUT2D eigenvalue weighted by molar-refractivity contribution is -0.111. The minimum atomic E-state index is -0.0750. The molecule has 7 nitrogen and oxygen atoms in total. The van der Waals surface area contributed by atoms with Crippen molar-refractivity contribution in [2.45, 2.75) is 10.9 Å². The molecule has 0 saturated heterocycles. The monoisotopic (exact) mass is 228 g/mol. The van der Waals surface area contributed by atoms with Crippen LogP contribution in [0.5, 0.6) is 0 Å². The molecular weight excluding hydrogens is 224 g/mol. The van der Waals surface area contributed by atoms with Crippen molar-refractivity contribution in [2.75, 3.05) is 0 Å². The lowest BCUT2D eigenvalue weighted by atomic mass is 10.7. The second-order valence-electron chi connectivity index (χ2n) is 2.19. The molecule has 0 bridgehead atoms. The number of hydrogen-bond acceptors (Lipinski definition) is 8. The van der Waals surface area contributed by atoms with Crippen LogP contribution in [0.4, 0.5) is 0 Å². The Hall–Kier alpha value is -1.35. The Balaban J connectivity index is 1.91. The molecule has 2 aromatic rings. The molecule has 14 heavy (non-hydrogen) atoms. The van der Waals surface area contributed by atoms with Crippen molar-refractivity contribution in [3.63, 3.8) is 0 Å². The van der Waals surface area contributed by atoms with E-state index in [1.807, 2.05) is 0 Å². The number of tetrazole rings is 1. The number of aromatic nitrogens is 6. The van der Waals surface area contributed by atoms with Gasteiger partial charge >= 0.3 is 0 Å². The summed E-state index contributed by atoms with van der Waals surface area (Å²) in [5.41, 5.74) is 1.58. The van der Waals surface area contributed by atoms with E-state index in [0.717, 1.165) is 11.8 Å². The molecule has 0 aromatic carbocycles. The van der Waals surface area contributed by atoms with Gasteiger partial charge in [0, 0.05) is 0 Å². The quantitative estimate of drug-likeness (QED) is 0.675. The van der Waals surface area contributed by atoms with Crippen LogP contribution in [-0.4, -0.2) is 35.5 Å². The summed E-state index contributed by atoms with van der Waals surface area (Å²) < 4.78 is 1.99. The van der Waals surface area contributed by atoms with Crippen LogP contribution in [0.3, 0.4) is 0 Å². The van der Waals surface area contributed by atoms with Gasteiger partial charge in [-0.15, -0.1) is 15.3 Å². The SMILES string of the molecule is O=C(Cn1cnnn1)Sc1nncs1. The van der Waals surface area contributed by atoms with E-state index >= 15 is 0 Å². The van der Waals surface area contributed by atoms with E-state index in [0.29, 0.717) is 4.34 Å². The average Bonchev–Trinajstić information content (AvgIpc) is 2.76. The maximum absolute atomic E-state index is 11.4. The van der Waals surface area contributed by atoms with Gasteiger partial charge in [-0.1, -0.05) is 11.3 Å². The molecule has 0 N–H and O–H groups in total. The lowest BCUT2D eigenvalue weighted by Crippen LogP contribution is -2.07. The van der Waals surface area contributed by atoms with Gasteiger partial charge in [-0.3, -0.25) is 4.79 Å². The van der Waals surface area contributed by atoms with E-state index in [1.165, 1.54) is 22.3 Å². The van der Waals surface area contributed by atoms with E-state index in [9.17, 15) is 4.79 Å². The molecule has 0 atom stereocenters. The highest BCUT2D eigenvalue weighted by molar-refractivity contribution is 8.14. The molecule has 0 aliphatic rings. The van der Waals surface area contributed by atoms with Gasteiger partial charge in [0.1, 0.15) is 18.4 Å². The predicted molar refractivity (Wildman–Crippen MR) is 48.6 cm³/mol. The standard InChI is InChI=1S/C5H4N6OS2/c12-4(1-11-2-6-9-10-11)14-5-8-7-3-13-5/h2-3H,1H2. The largest absolute Gasteiger partial charge is 0.285 e. The van der Waals surface area contributed by atoms with Crippen LogP contribution in [-0.2, 0) is 11.3 Å². The molecule has 9 heteroatoms. The van der Waals surface area contributed by atoms with Gasteiger partial charge in [-0.05, 0) is 22.2 Å². The summed E-state index contributed by atoms with van der Waals surface area (Å²) in [7, 11) is 0. The topological polar surface area (TPSA) is 86.5 Å². The van der Waals surface area contributed by atoms with Gasteiger partial charge in [0.05, 0.1) is 0 Å². The van der Waals surface area contributed by atoms with E-state index < -0.39 is 0 Å². The molecule has 2 heterocycles. The Kier molecular flexibility index (Phi) is 2.79. The van der Waals surface area contributed by atoms with Crippen molar-refractivity contribution >= 4 is 28.2 Å². The van der Waals surface area contributed by atoms with Crippen LogP contribution in [0.15, 0.2) is 16.2 Å². The molecular formula is C5H4N6OS2. The van der Waals surface area contributed by atoms with Crippen molar-refractivity contribution in [2.24, 2.45) is 0 Å². The molecule has 72 valence electrons. The van der Waals surface area contributed by atoms with Gasteiger partial charge in [-0.2, -0.15) is 0 Å². The molecule has 2 aromatic heterocycles. The summed E-state index contributed by atoms with van der Waals surface area (Å²) >= 11 is 2.36. The van der Waals surface area contributed by atoms with Gasteiger partial charge < -0.3 is 0 Å². The average molecular weight is 228 g/mol. The summed E-state index contributed by atoms with van der Waals surface area (Å²) in [5, 5.41) is 17.7. The predicted octanol–water partition coefficient (Wildman–Crippen LogP) is -0.157. The first-order valence-electron chi connectivity index (χ1n) is 3.52. The maximum atomic E-state index is 11.4. The molecule has 0 aliphatic heterocycles. The number of thioether (sulfide) groups is 1. The number of carbonyl (C=O) groups is 1. The van der Waals surface area contributed by atoms with Crippen LogP contribution in [0.2, 0.25) is 0 Å². The van der Waals surface area contributed by atoms with Crippen LogP contribution in [0, 0.1) is 0 Å². The fourth-order valence-electron chi connectivity index (χ4n) is 0.722. The lowest BCUT2D eigenvalue weighted by Gasteiger charge is -1.94. The molecule has 0 aliphatic carbocycles. The van der Waals surface area contributed by atoms with Crippen LogP contribution in [0.1, 0.15) is 0 Å². The van der Waals surface area contributed by atoms with Crippen molar-refractivity contribution in [3.05, 3.63) is 11.8 Å². The maximum Gasteiger partial charge on any atom is 0.217 e. The zero-order valence-electron chi connectivity index (χ0n) is 6.77. The summed E-state index contributed by atoms with van der Waals surface area (Å²) in [6.07, 6.45) is 1.39. The van der Waals surface area contributed by atoms with Gasteiger partial charge in [0.2, 0.25) is 5.12 Å². The fourth-order valence-corrected chi connectivity index (χ4v) is 2.08. The number of rotatable bonds is 3. The van der Waals surface area contributed by atoms with E-state index in [1.54, 1.807) is 5.51 Å². The summed E-state index contributed by atoms with van der Waals surface area (Å²) in [6, 6.07) is 0. The number of hydrogen-bond donors (Lipinski definition) is 0. The molecule has 0 saturated carbocycles. The second-order valence-corrected chi connectivity index (χ2v) is 4.32. The normalized spacial score (nSPS) is 10.3. The third kappa shape index (κ3) is 2.33. The fraction of sp³-hybridized carbons (Fsp3) is 0.200. The van der Waals surface area contributed by atoms with E-state index in [4.69, 9.17) is 0 Å². The molecule has 0 radical (unpaired) electrons.